The second kappa shape index (κ2) is 14.3. The first-order chi connectivity index (χ1) is 13.4. The third kappa shape index (κ3) is 10.6. The molecule has 0 aromatic rings. The zero-order chi connectivity index (χ0) is 20.8. The van der Waals surface area contributed by atoms with Crippen molar-refractivity contribution in [3.05, 3.63) is 48.6 Å². The van der Waals surface area contributed by atoms with Crippen LogP contribution >= 0.6 is 0 Å². The van der Waals surface area contributed by atoms with E-state index in [9.17, 15) is 20.1 Å². The first-order valence-electron chi connectivity index (χ1n) is 9.98. The van der Waals surface area contributed by atoms with Crippen LogP contribution < -0.4 is 0 Å². The molecule has 0 aromatic carbocycles. The number of hydrogen-bond acceptors (Lipinski definition) is 5. The molecule has 1 heterocycles. The molecule has 0 spiro atoms. The second-order valence-corrected chi connectivity index (χ2v) is 6.92. The lowest BCUT2D eigenvalue weighted by Crippen LogP contribution is -2.25. The highest BCUT2D eigenvalue weighted by Gasteiger charge is 2.35. The first-order valence-corrected chi connectivity index (χ1v) is 9.98. The summed E-state index contributed by atoms with van der Waals surface area (Å²) >= 11 is 0. The van der Waals surface area contributed by atoms with Crippen LogP contribution in [-0.4, -0.2) is 56.9 Å². The Hall–Kier alpha value is -1.73. The Morgan fingerprint density at radius 3 is 2.39 bits per heavy atom. The average molecular weight is 395 g/mol. The molecule has 6 heteroatoms. The molecular weight excluding hydrogens is 360 g/mol. The number of carboxylic acid groups (broad SMARTS) is 1. The molecule has 28 heavy (non-hydrogen) atoms. The predicted molar refractivity (Wildman–Crippen MR) is 109 cm³/mol. The SMILES string of the molecule is CC[C@@H](O)[C@@H]1C[C@@H](O)[C@H](/C=C/[C@@H](O)C/C=C\C/C=C\C/C=C\CCC(=O)O)O1. The molecule has 0 unspecified atom stereocenters. The zero-order valence-corrected chi connectivity index (χ0v) is 16.6. The Morgan fingerprint density at radius 1 is 1.11 bits per heavy atom. The van der Waals surface area contributed by atoms with E-state index in [0.29, 0.717) is 25.7 Å². The van der Waals surface area contributed by atoms with Crippen LogP contribution in [0.5, 0.6) is 0 Å². The van der Waals surface area contributed by atoms with Gasteiger partial charge < -0.3 is 25.2 Å². The van der Waals surface area contributed by atoms with Crippen LogP contribution in [0.2, 0.25) is 0 Å². The molecule has 0 saturated carbocycles. The summed E-state index contributed by atoms with van der Waals surface area (Å²) in [5.74, 6) is -0.784. The molecule has 6 nitrogen and oxygen atoms in total. The standard InChI is InChI=1S/C22H34O6/c1-2-18(24)21-16-19(25)20(28-21)15-14-17(23)12-10-8-6-4-3-5-7-9-11-13-22(26)27/h3-4,7-10,14-15,17-21,23-25H,2,5-6,11-13,16H2,1H3,(H,26,27)/b4-3-,9-7-,10-8-,15-14+/t17-,18+,19+,20-,21-/m0/s1. The van der Waals surface area contributed by atoms with Crippen LogP contribution in [0.15, 0.2) is 48.6 Å². The fraction of sp³-hybridized carbons (Fsp3) is 0.591. The monoisotopic (exact) mass is 394 g/mol. The van der Waals surface area contributed by atoms with Gasteiger partial charge in [0.2, 0.25) is 0 Å². The molecule has 1 aliphatic heterocycles. The summed E-state index contributed by atoms with van der Waals surface area (Å²) in [5, 5.41) is 38.3. The number of ether oxygens (including phenoxy) is 1. The zero-order valence-electron chi connectivity index (χ0n) is 16.6. The minimum atomic E-state index is -0.784. The highest BCUT2D eigenvalue weighted by atomic mass is 16.5. The number of allylic oxidation sites excluding steroid dienone is 5. The van der Waals surface area contributed by atoms with Gasteiger partial charge in [-0.25, -0.2) is 0 Å². The predicted octanol–water partition coefficient (Wildman–Crippen LogP) is 2.90. The largest absolute Gasteiger partial charge is 0.481 e. The maximum atomic E-state index is 10.3. The van der Waals surface area contributed by atoms with Gasteiger partial charge in [0, 0.05) is 12.8 Å². The summed E-state index contributed by atoms with van der Waals surface area (Å²) in [5.41, 5.74) is 0. The molecule has 1 saturated heterocycles. The Morgan fingerprint density at radius 2 is 1.75 bits per heavy atom. The van der Waals surface area contributed by atoms with Gasteiger partial charge in [0.05, 0.1) is 24.4 Å². The Balaban J connectivity index is 2.18. The lowest BCUT2D eigenvalue weighted by atomic mass is 10.1. The van der Waals surface area contributed by atoms with Crippen LogP contribution in [-0.2, 0) is 9.53 Å². The summed E-state index contributed by atoms with van der Waals surface area (Å²) in [6.07, 6.45) is 16.0. The number of aliphatic hydroxyl groups is 3. The van der Waals surface area contributed by atoms with Crippen molar-refractivity contribution in [2.75, 3.05) is 0 Å². The van der Waals surface area contributed by atoms with Crippen LogP contribution in [0.3, 0.4) is 0 Å². The van der Waals surface area contributed by atoms with Crippen molar-refractivity contribution < 1.29 is 30.0 Å². The van der Waals surface area contributed by atoms with E-state index in [1.807, 2.05) is 43.4 Å². The average Bonchev–Trinajstić information content (AvgIpc) is 3.04. The summed E-state index contributed by atoms with van der Waals surface area (Å²) in [4.78, 5) is 10.3. The van der Waals surface area contributed by atoms with Crippen molar-refractivity contribution in [2.45, 2.75) is 82.4 Å². The molecule has 5 atom stereocenters. The summed E-state index contributed by atoms with van der Waals surface area (Å²) < 4.78 is 5.63. The lowest BCUT2D eigenvalue weighted by Gasteiger charge is -2.16. The van der Waals surface area contributed by atoms with Gasteiger partial charge >= 0.3 is 5.97 Å². The van der Waals surface area contributed by atoms with E-state index in [2.05, 4.69) is 0 Å². The minimum Gasteiger partial charge on any atom is -0.481 e. The van der Waals surface area contributed by atoms with Crippen molar-refractivity contribution in [1.29, 1.82) is 0 Å². The highest BCUT2D eigenvalue weighted by Crippen LogP contribution is 2.25. The molecule has 0 aromatic heterocycles. The van der Waals surface area contributed by atoms with Gasteiger partial charge in [0.15, 0.2) is 0 Å². The first kappa shape index (κ1) is 24.3. The number of aliphatic carboxylic acids is 1. The molecule has 0 bridgehead atoms. The third-order valence-electron chi connectivity index (χ3n) is 4.50. The Labute approximate surface area is 167 Å². The number of carbonyl (C=O) groups is 1. The van der Waals surface area contributed by atoms with Gasteiger partial charge in [0.1, 0.15) is 6.10 Å². The third-order valence-corrected chi connectivity index (χ3v) is 4.50. The molecule has 158 valence electrons. The Bertz CT molecular complexity index is 551. The highest BCUT2D eigenvalue weighted by molar-refractivity contribution is 5.66. The van der Waals surface area contributed by atoms with Crippen LogP contribution in [0.1, 0.15) is 51.9 Å². The quantitative estimate of drug-likeness (QED) is 0.358. The normalized spacial score (nSPS) is 25.5. The van der Waals surface area contributed by atoms with Crippen LogP contribution in [0.25, 0.3) is 0 Å². The number of aliphatic hydroxyl groups excluding tert-OH is 3. The van der Waals surface area contributed by atoms with Crippen molar-refractivity contribution in [3.63, 3.8) is 0 Å². The van der Waals surface area contributed by atoms with Gasteiger partial charge in [0.25, 0.3) is 0 Å². The molecule has 1 rings (SSSR count). The van der Waals surface area contributed by atoms with Crippen molar-refractivity contribution in [3.8, 4) is 0 Å². The van der Waals surface area contributed by atoms with Crippen LogP contribution in [0, 0.1) is 0 Å². The van der Waals surface area contributed by atoms with Gasteiger partial charge in [-0.2, -0.15) is 0 Å². The maximum Gasteiger partial charge on any atom is 0.303 e. The van der Waals surface area contributed by atoms with Crippen molar-refractivity contribution in [2.24, 2.45) is 0 Å². The molecule has 0 radical (unpaired) electrons. The van der Waals surface area contributed by atoms with Gasteiger partial charge in [-0.3, -0.25) is 4.79 Å². The molecule has 0 amide bonds. The fourth-order valence-corrected chi connectivity index (χ4v) is 2.82. The van der Waals surface area contributed by atoms with E-state index < -0.39 is 30.4 Å². The minimum absolute atomic E-state index is 0.160. The van der Waals surface area contributed by atoms with Crippen LogP contribution in [0.4, 0.5) is 0 Å². The summed E-state index contributed by atoms with van der Waals surface area (Å²) in [6, 6.07) is 0. The number of hydrogen-bond donors (Lipinski definition) is 4. The topological polar surface area (TPSA) is 107 Å². The van der Waals surface area contributed by atoms with Gasteiger partial charge in [-0.15, -0.1) is 0 Å². The molecule has 1 aliphatic rings. The van der Waals surface area contributed by atoms with E-state index in [0.717, 1.165) is 12.8 Å². The summed E-state index contributed by atoms with van der Waals surface area (Å²) in [7, 11) is 0. The molecule has 0 aliphatic carbocycles. The van der Waals surface area contributed by atoms with E-state index in [1.165, 1.54) is 0 Å². The smallest absolute Gasteiger partial charge is 0.303 e. The number of carboxylic acids is 1. The lowest BCUT2D eigenvalue weighted by molar-refractivity contribution is -0.136. The van der Waals surface area contributed by atoms with E-state index in [1.54, 1.807) is 12.2 Å². The molecule has 4 N–H and O–H groups in total. The van der Waals surface area contributed by atoms with Gasteiger partial charge in [-0.05, 0) is 32.1 Å². The second-order valence-electron chi connectivity index (χ2n) is 6.92. The molecule has 1 fully saturated rings. The molecular formula is C22H34O6. The van der Waals surface area contributed by atoms with E-state index >= 15 is 0 Å². The van der Waals surface area contributed by atoms with Gasteiger partial charge in [-0.1, -0.05) is 55.5 Å². The van der Waals surface area contributed by atoms with Crippen molar-refractivity contribution >= 4 is 5.97 Å². The van der Waals surface area contributed by atoms with E-state index in [4.69, 9.17) is 9.84 Å². The fourth-order valence-electron chi connectivity index (χ4n) is 2.82. The maximum absolute atomic E-state index is 10.3. The van der Waals surface area contributed by atoms with Crippen molar-refractivity contribution in [1.82, 2.24) is 0 Å². The summed E-state index contributed by atoms with van der Waals surface area (Å²) in [6.45, 7) is 1.87. The van der Waals surface area contributed by atoms with E-state index in [-0.39, 0.29) is 12.5 Å². The Kier molecular flexibility index (Phi) is 12.4. The number of rotatable bonds is 13.